The third kappa shape index (κ3) is 3.57. The lowest BCUT2D eigenvalue weighted by atomic mass is 9.44. The molecule has 4 fully saturated rings. The standard InChI is InChI=1S/C27H50O2Si/c1-18(28)22-11-12-23-21-10-9-19-17-20(29-30(7,8)25(2,3)4)13-15-26(19,5)24(21)14-16-27(22,23)6/h18-24,28H,9-17H2,1-8H3/t18-,19+,20?,21-,22+,23-,24-,26-,27+/m0/s1. The lowest BCUT2D eigenvalue weighted by Crippen LogP contribution is -2.55. The average Bonchev–Trinajstić information content (AvgIpc) is 2.98. The largest absolute Gasteiger partial charge is 0.414 e. The maximum atomic E-state index is 10.5. The summed E-state index contributed by atoms with van der Waals surface area (Å²) >= 11 is 0. The van der Waals surface area contributed by atoms with Crippen molar-refractivity contribution < 1.29 is 9.53 Å². The quantitative estimate of drug-likeness (QED) is 0.468. The van der Waals surface area contributed by atoms with Gasteiger partial charge in [0.1, 0.15) is 0 Å². The Morgan fingerprint density at radius 3 is 2.17 bits per heavy atom. The molecule has 0 aliphatic heterocycles. The molecule has 0 bridgehead atoms. The Kier molecular flexibility index (Phi) is 5.89. The Bertz CT molecular complexity index is 637. The van der Waals surface area contributed by atoms with Crippen molar-refractivity contribution in [2.45, 2.75) is 130 Å². The van der Waals surface area contributed by atoms with Gasteiger partial charge < -0.3 is 9.53 Å². The van der Waals surface area contributed by atoms with E-state index in [1.165, 1.54) is 57.8 Å². The highest BCUT2D eigenvalue weighted by atomic mass is 28.4. The predicted octanol–water partition coefficient (Wildman–Crippen LogP) is 7.42. The minimum Gasteiger partial charge on any atom is -0.414 e. The molecule has 2 nitrogen and oxygen atoms in total. The lowest BCUT2D eigenvalue weighted by molar-refractivity contribution is -0.130. The summed E-state index contributed by atoms with van der Waals surface area (Å²) in [6.07, 6.45) is 12.6. The molecule has 0 aromatic carbocycles. The molecule has 1 unspecified atom stereocenters. The monoisotopic (exact) mass is 434 g/mol. The van der Waals surface area contributed by atoms with E-state index in [0.29, 0.717) is 27.9 Å². The van der Waals surface area contributed by atoms with Crippen molar-refractivity contribution in [3.63, 3.8) is 0 Å². The molecular weight excluding hydrogens is 384 g/mol. The van der Waals surface area contributed by atoms with Gasteiger partial charge in [0.2, 0.25) is 0 Å². The van der Waals surface area contributed by atoms with Gasteiger partial charge in [0.25, 0.3) is 0 Å². The summed E-state index contributed by atoms with van der Waals surface area (Å²) in [5.41, 5.74) is 0.918. The molecule has 0 heterocycles. The van der Waals surface area contributed by atoms with Gasteiger partial charge in [-0.15, -0.1) is 0 Å². The van der Waals surface area contributed by atoms with Crippen molar-refractivity contribution in [3.05, 3.63) is 0 Å². The van der Waals surface area contributed by atoms with E-state index in [9.17, 15) is 5.11 Å². The predicted molar refractivity (Wildman–Crippen MR) is 129 cm³/mol. The van der Waals surface area contributed by atoms with E-state index in [4.69, 9.17) is 4.43 Å². The number of fused-ring (bicyclic) bond motifs is 5. The molecule has 0 saturated heterocycles. The molecule has 1 N–H and O–H groups in total. The summed E-state index contributed by atoms with van der Waals surface area (Å²) in [7, 11) is -1.68. The van der Waals surface area contributed by atoms with Gasteiger partial charge in [0, 0.05) is 6.10 Å². The van der Waals surface area contributed by atoms with Crippen LogP contribution < -0.4 is 0 Å². The second-order valence-corrected chi connectivity index (χ2v) is 18.7. The van der Waals surface area contributed by atoms with Crippen molar-refractivity contribution in [2.24, 2.45) is 40.4 Å². The zero-order valence-corrected chi connectivity index (χ0v) is 22.3. The van der Waals surface area contributed by atoms with E-state index in [1.54, 1.807) is 0 Å². The molecule has 4 rings (SSSR count). The highest BCUT2D eigenvalue weighted by molar-refractivity contribution is 6.74. The van der Waals surface area contributed by atoms with Gasteiger partial charge in [-0.3, -0.25) is 0 Å². The van der Waals surface area contributed by atoms with Crippen LogP contribution in [-0.4, -0.2) is 25.6 Å². The summed E-state index contributed by atoms with van der Waals surface area (Å²) in [5, 5.41) is 10.8. The Labute approximate surface area is 188 Å². The average molecular weight is 435 g/mol. The van der Waals surface area contributed by atoms with Crippen molar-refractivity contribution in [1.82, 2.24) is 0 Å². The Morgan fingerprint density at radius 2 is 1.53 bits per heavy atom. The van der Waals surface area contributed by atoms with E-state index < -0.39 is 8.32 Å². The Balaban J connectivity index is 1.48. The maximum Gasteiger partial charge on any atom is 0.192 e. The van der Waals surface area contributed by atoms with Crippen molar-refractivity contribution >= 4 is 8.32 Å². The zero-order valence-electron chi connectivity index (χ0n) is 21.3. The summed E-state index contributed by atoms with van der Waals surface area (Å²) < 4.78 is 6.91. The second-order valence-electron chi connectivity index (χ2n) is 13.9. The topological polar surface area (TPSA) is 29.5 Å². The number of aliphatic hydroxyl groups is 1. The zero-order chi connectivity index (χ0) is 22.1. The number of hydrogen-bond donors (Lipinski definition) is 1. The minimum absolute atomic E-state index is 0.133. The Morgan fingerprint density at radius 1 is 0.900 bits per heavy atom. The summed E-state index contributed by atoms with van der Waals surface area (Å²) in [5.74, 6) is 4.07. The molecular formula is C27H50O2Si. The Hall–Kier alpha value is 0.137. The highest BCUT2D eigenvalue weighted by Crippen LogP contribution is 2.68. The van der Waals surface area contributed by atoms with Crippen LogP contribution >= 0.6 is 0 Å². The summed E-state index contributed by atoms with van der Waals surface area (Å²) in [4.78, 5) is 0. The van der Waals surface area contributed by atoms with Gasteiger partial charge in [0.05, 0.1) is 6.10 Å². The molecule has 0 radical (unpaired) electrons. The third-order valence-corrected chi connectivity index (χ3v) is 16.1. The van der Waals surface area contributed by atoms with Gasteiger partial charge in [0.15, 0.2) is 8.32 Å². The first kappa shape index (κ1) is 23.3. The fourth-order valence-corrected chi connectivity index (χ4v) is 10.2. The first-order valence-electron chi connectivity index (χ1n) is 13.2. The molecule has 4 saturated carbocycles. The second kappa shape index (κ2) is 7.59. The van der Waals surface area contributed by atoms with Crippen LogP contribution in [-0.2, 0) is 4.43 Å². The summed E-state index contributed by atoms with van der Waals surface area (Å²) in [6.45, 7) is 19.2. The minimum atomic E-state index is -1.68. The molecule has 174 valence electrons. The normalized spacial score (nSPS) is 47.9. The molecule has 4 aliphatic rings. The number of aliphatic hydroxyl groups excluding tert-OH is 1. The van der Waals surface area contributed by atoms with E-state index in [0.717, 1.165) is 23.7 Å². The van der Waals surface area contributed by atoms with Crippen LogP contribution in [0.1, 0.15) is 99.3 Å². The smallest absolute Gasteiger partial charge is 0.192 e. The van der Waals surface area contributed by atoms with E-state index in [-0.39, 0.29) is 6.10 Å². The molecule has 30 heavy (non-hydrogen) atoms. The van der Waals surface area contributed by atoms with Crippen molar-refractivity contribution in [1.29, 1.82) is 0 Å². The molecule has 0 spiro atoms. The number of hydrogen-bond acceptors (Lipinski definition) is 2. The van der Waals surface area contributed by atoms with Crippen LogP contribution in [0, 0.1) is 40.4 Å². The van der Waals surface area contributed by atoms with Crippen LogP contribution in [0.4, 0.5) is 0 Å². The van der Waals surface area contributed by atoms with Crippen LogP contribution in [0.25, 0.3) is 0 Å². The van der Waals surface area contributed by atoms with Gasteiger partial charge in [-0.1, -0.05) is 34.6 Å². The highest BCUT2D eigenvalue weighted by Gasteiger charge is 2.60. The van der Waals surface area contributed by atoms with Gasteiger partial charge in [-0.25, -0.2) is 0 Å². The van der Waals surface area contributed by atoms with Gasteiger partial charge in [-0.2, -0.15) is 0 Å². The van der Waals surface area contributed by atoms with E-state index >= 15 is 0 Å². The molecule has 0 aromatic rings. The maximum absolute atomic E-state index is 10.5. The lowest BCUT2D eigenvalue weighted by Gasteiger charge is -2.61. The molecule has 0 amide bonds. The van der Waals surface area contributed by atoms with Crippen LogP contribution in [0.15, 0.2) is 0 Å². The fraction of sp³-hybridized carbons (Fsp3) is 1.00. The van der Waals surface area contributed by atoms with E-state index in [1.807, 2.05) is 6.92 Å². The number of rotatable bonds is 3. The molecule has 3 heteroatoms. The van der Waals surface area contributed by atoms with Crippen LogP contribution in [0.2, 0.25) is 18.1 Å². The first-order valence-corrected chi connectivity index (χ1v) is 16.1. The molecule has 9 atom stereocenters. The van der Waals surface area contributed by atoms with Crippen molar-refractivity contribution in [2.75, 3.05) is 0 Å². The first-order chi connectivity index (χ1) is 13.8. The molecule has 4 aliphatic carbocycles. The van der Waals surface area contributed by atoms with Crippen molar-refractivity contribution in [3.8, 4) is 0 Å². The SMILES string of the molecule is C[C@H](O)[C@H]1CC[C@H]2[C@@H]3CC[C@@H]4CC(O[Si](C)(C)C(C)(C)C)CC[C@]4(C)[C@H]3CC[C@]12C. The van der Waals surface area contributed by atoms with Crippen LogP contribution in [0.3, 0.4) is 0 Å². The van der Waals surface area contributed by atoms with Gasteiger partial charge >= 0.3 is 0 Å². The fourth-order valence-electron chi connectivity index (χ4n) is 8.75. The van der Waals surface area contributed by atoms with E-state index in [2.05, 4.69) is 47.7 Å². The molecule has 0 aromatic heterocycles. The van der Waals surface area contributed by atoms with Crippen LogP contribution in [0.5, 0.6) is 0 Å². The third-order valence-electron chi connectivity index (χ3n) is 11.5. The summed E-state index contributed by atoms with van der Waals surface area (Å²) in [6, 6.07) is 0. The van der Waals surface area contributed by atoms with Gasteiger partial charge in [-0.05, 0) is 123 Å².